The highest BCUT2D eigenvalue weighted by Gasteiger charge is 2.46. The van der Waals surface area contributed by atoms with Gasteiger partial charge in [0.15, 0.2) is 0 Å². The average molecular weight is 347 g/mol. The van der Waals surface area contributed by atoms with Crippen molar-refractivity contribution in [3.63, 3.8) is 0 Å². The average Bonchev–Trinajstić information content (AvgIpc) is 2.96. The number of carbonyl (C=O) groups excluding carboxylic acids is 1. The summed E-state index contributed by atoms with van der Waals surface area (Å²) in [5.41, 5.74) is 0.110. The Morgan fingerprint density at radius 2 is 2.08 bits per heavy atom. The molecule has 1 fully saturated rings. The molecular weight excluding hydrogens is 325 g/mol. The summed E-state index contributed by atoms with van der Waals surface area (Å²) in [6.07, 6.45) is 4.46. The van der Waals surface area contributed by atoms with Crippen molar-refractivity contribution in [3.05, 3.63) is 40.7 Å². The van der Waals surface area contributed by atoms with Crippen molar-refractivity contribution in [1.82, 2.24) is 10.2 Å². The Balaban J connectivity index is 1.78. The van der Waals surface area contributed by atoms with Gasteiger partial charge in [0.05, 0.1) is 5.41 Å². The van der Waals surface area contributed by atoms with E-state index >= 15 is 0 Å². The standard InChI is InChI=1S/C18H22FN3OS/c1-3-12(4-2)15-21-22-17(24-15)20-16(23)18(9-6-10-18)13-7-5-8-14(19)11-13/h5,7-8,11-12H,3-4,6,9-10H2,1-2H3,(H,20,22,23). The summed E-state index contributed by atoms with van der Waals surface area (Å²) >= 11 is 1.44. The van der Waals surface area contributed by atoms with E-state index in [0.29, 0.717) is 11.0 Å². The van der Waals surface area contributed by atoms with Crippen LogP contribution >= 0.6 is 11.3 Å². The zero-order chi connectivity index (χ0) is 17.2. The smallest absolute Gasteiger partial charge is 0.236 e. The number of amides is 1. The van der Waals surface area contributed by atoms with E-state index in [1.54, 1.807) is 6.07 Å². The number of hydrogen-bond acceptors (Lipinski definition) is 4. The largest absolute Gasteiger partial charge is 0.300 e. The summed E-state index contributed by atoms with van der Waals surface area (Å²) in [6.45, 7) is 4.25. The molecule has 0 radical (unpaired) electrons. The Kier molecular flexibility index (Phi) is 4.94. The van der Waals surface area contributed by atoms with Crippen molar-refractivity contribution >= 4 is 22.4 Å². The number of benzene rings is 1. The minimum absolute atomic E-state index is 0.105. The van der Waals surface area contributed by atoms with E-state index in [2.05, 4.69) is 29.4 Å². The molecule has 6 heteroatoms. The van der Waals surface area contributed by atoms with Crippen LogP contribution in [-0.4, -0.2) is 16.1 Å². The molecule has 0 aliphatic heterocycles. The number of halogens is 1. The molecule has 1 aromatic heterocycles. The van der Waals surface area contributed by atoms with E-state index in [-0.39, 0.29) is 11.7 Å². The predicted octanol–water partition coefficient (Wildman–Crippen LogP) is 4.64. The Morgan fingerprint density at radius 1 is 1.33 bits per heavy atom. The Hall–Kier alpha value is -1.82. The van der Waals surface area contributed by atoms with Crippen LogP contribution in [0.2, 0.25) is 0 Å². The quantitative estimate of drug-likeness (QED) is 0.828. The van der Waals surface area contributed by atoms with E-state index < -0.39 is 5.41 Å². The summed E-state index contributed by atoms with van der Waals surface area (Å²) in [4.78, 5) is 12.9. The molecule has 1 N–H and O–H groups in total. The fourth-order valence-electron chi connectivity index (χ4n) is 3.27. The second-order valence-electron chi connectivity index (χ2n) is 6.36. The number of hydrogen-bond donors (Lipinski definition) is 1. The molecule has 3 rings (SSSR count). The molecule has 0 bridgehead atoms. The summed E-state index contributed by atoms with van der Waals surface area (Å²) in [7, 11) is 0. The molecule has 128 valence electrons. The minimum atomic E-state index is -0.636. The molecule has 1 saturated carbocycles. The highest BCUT2D eigenvalue weighted by Crippen LogP contribution is 2.45. The third kappa shape index (κ3) is 3.07. The van der Waals surface area contributed by atoms with Crippen molar-refractivity contribution in [2.24, 2.45) is 0 Å². The molecule has 0 spiro atoms. The van der Waals surface area contributed by atoms with Gasteiger partial charge in [0.25, 0.3) is 0 Å². The zero-order valence-electron chi connectivity index (χ0n) is 14.0. The highest BCUT2D eigenvalue weighted by atomic mass is 32.1. The van der Waals surface area contributed by atoms with Crippen LogP contribution in [0.1, 0.15) is 62.4 Å². The molecule has 1 amide bonds. The van der Waals surface area contributed by atoms with Gasteiger partial charge in [-0.1, -0.05) is 43.7 Å². The summed E-state index contributed by atoms with van der Waals surface area (Å²) in [5.74, 6) is -0.0286. The third-order valence-electron chi connectivity index (χ3n) is 5.01. The Labute approximate surface area is 145 Å². The molecular formula is C18H22FN3OS. The lowest BCUT2D eigenvalue weighted by molar-refractivity contribution is -0.124. The van der Waals surface area contributed by atoms with Crippen molar-refractivity contribution in [2.75, 3.05) is 5.32 Å². The maximum absolute atomic E-state index is 13.6. The maximum atomic E-state index is 13.6. The number of rotatable bonds is 6. The van der Waals surface area contributed by atoms with Gasteiger partial charge in [0.1, 0.15) is 10.8 Å². The lowest BCUT2D eigenvalue weighted by Crippen LogP contribution is -2.46. The van der Waals surface area contributed by atoms with Crippen molar-refractivity contribution < 1.29 is 9.18 Å². The molecule has 1 aromatic carbocycles. The van der Waals surface area contributed by atoms with Crippen LogP contribution in [0.15, 0.2) is 24.3 Å². The third-order valence-corrected chi connectivity index (χ3v) is 6.02. The minimum Gasteiger partial charge on any atom is -0.300 e. The van der Waals surface area contributed by atoms with Crippen LogP contribution in [0.3, 0.4) is 0 Å². The predicted molar refractivity (Wildman–Crippen MR) is 93.8 cm³/mol. The van der Waals surface area contributed by atoms with Crippen LogP contribution in [0.4, 0.5) is 9.52 Å². The molecule has 1 heterocycles. The molecule has 4 nitrogen and oxygen atoms in total. The van der Waals surface area contributed by atoms with Crippen molar-refractivity contribution in [2.45, 2.75) is 57.3 Å². The molecule has 24 heavy (non-hydrogen) atoms. The van der Waals surface area contributed by atoms with Crippen molar-refractivity contribution in [1.29, 1.82) is 0 Å². The van der Waals surface area contributed by atoms with Crippen LogP contribution in [0, 0.1) is 5.82 Å². The molecule has 0 saturated heterocycles. The number of aromatic nitrogens is 2. The molecule has 2 aromatic rings. The lowest BCUT2D eigenvalue weighted by Gasteiger charge is -2.40. The first-order valence-corrected chi connectivity index (χ1v) is 9.31. The molecule has 1 aliphatic carbocycles. The van der Waals surface area contributed by atoms with E-state index in [1.165, 1.54) is 23.5 Å². The zero-order valence-corrected chi connectivity index (χ0v) is 14.8. The second kappa shape index (κ2) is 6.97. The summed E-state index contributed by atoms with van der Waals surface area (Å²) in [5, 5.41) is 12.7. The number of nitrogens with zero attached hydrogens (tertiary/aromatic N) is 2. The van der Waals surface area contributed by atoms with Gasteiger partial charge in [0, 0.05) is 5.92 Å². The van der Waals surface area contributed by atoms with Crippen LogP contribution in [0.25, 0.3) is 0 Å². The highest BCUT2D eigenvalue weighted by molar-refractivity contribution is 7.15. The fourth-order valence-corrected chi connectivity index (χ4v) is 4.27. The van der Waals surface area contributed by atoms with Gasteiger partial charge in [-0.2, -0.15) is 0 Å². The summed E-state index contributed by atoms with van der Waals surface area (Å²) < 4.78 is 13.6. The van der Waals surface area contributed by atoms with Gasteiger partial charge >= 0.3 is 0 Å². The van der Waals surface area contributed by atoms with Gasteiger partial charge in [-0.05, 0) is 43.4 Å². The fraction of sp³-hybridized carbons (Fsp3) is 0.500. The number of carbonyl (C=O) groups is 1. The van der Waals surface area contributed by atoms with Crippen molar-refractivity contribution in [3.8, 4) is 0 Å². The Morgan fingerprint density at radius 3 is 2.67 bits per heavy atom. The van der Waals surface area contributed by atoms with E-state index in [4.69, 9.17) is 0 Å². The maximum Gasteiger partial charge on any atom is 0.236 e. The number of anilines is 1. The number of nitrogens with one attached hydrogen (secondary N) is 1. The van der Waals surface area contributed by atoms with Gasteiger partial charge in [-0.25, -0.2) is 4.39 Å². The van der Waals surface area contributed by atoms with Gasteiger partial charge in [0.2, 0.25) is 11.0 Å². The molecule has 0 unspecified atom stereocenters. The first-order valence-electron chi connectivity index (χ1n) is 8.50. The Bertz CT molecular complexity index is 723. The first kappa shape index (κ1) is 17.0. The topological polar surface area (TPSA) is 54.9 Å². The van der Waals surface area contributed by atoms with Crippen LogP contribution < -0.4 is 5.32 Å². The van der Waals surface area contributed by atoms with E-state index in [1.807, 2.05) is 6.07 Å². The second-order valence-corrected chi connectivity index (χ2v) is 7.37. The van der Waals surface area contributed by atoms with Crippen LogP contribution in [-0.2, 0) is 10.2 Å². The van der Waals surface area contributed by atoms with E-state index in [0.717, 1.165) is 42.7 Å². The molecule has 0 atom stereocenters. The van der Waals surface area contributed by atoms with Gasteiger partial charge in [-0.3, -0.25) is 10.1 Å². The first-order chi connectivity index (χ1) is 11.6. The lowest BCUT2D eigenvalue weighted by atomic mass is 9.64. The normalized spacial score (nSPS) is 16.0. The van der Waals surface area contributed by atoms with E-state index in [9.17, 15) is 9.18 Å². The SMILES string of the molecule is CCC(CC)c1nnc(NC(=O)C2(c3cccc(F)c3)CCC2)s1. The monoisotopic (exact) mass is 347 g/mol. The van der Waals surface area contributed by atoms with Gasteiger partial charge in [-0.15, -0.1) is 10.2 Å². The van der Waals surface area contributed by atoms with Crippen LogP contribution in [0.5, 0.6) is 0 Å². The van der Waals surface area contributed by atoms with Gasteiger partial charge < -0.3 is 0 Å². The molecule has 1 aliphatic rings. The summed E-state index contributed by atoms with van der Waals surface area (Å²) in [6, 6.07) is 6.36.